The third-order valence-electron chi connectivity index (χ3n) is 2.72. The van der Waals surface area contributed by atoms with Gasteiger partial charge in [-0.1, -0.05) is 0 Å². The lowest BCUT2D eigenvalue weighted by Crippen LogP contribution is -2.25. The van der Waals surface area contributed by atoms with Crippen LogP contribution in [-0.4, -0.2) is 28.0 Å². The number of rotatable bonds is 6. The van der Waals surface area contributed by atoms with Gasteiger partial charge in [0.2, 0.25) is 17.8 Å². The van der Waals surface area contributed by atoms with Crippen LogP contribution in [0.15, 0.2) is 16.8 Å². The number of nitrogen functional groups attached to an aromatic ring is 1. The summed E-state index contributed by atoms with van der Waals surface area (Å²) < 4.78 is 0. The second-order valence-corrected chi connectivity index (χ2v) is 4.75. The van der Waals surface area contributed by atoms with Gasteiger partial charge < -0.3 is 16.0 Å². The highest BCUT2D eigenvalue weighted by Crippen LogP contribution is 2.13. The van der Waals surface area contributed by atoms with Crippen molar-refractivity contribution < 1.29 is 0 Å². The van der Waals surface area contributed by atoms with Crippen LogP contribution >= 0.6 is 11.3 Å². The molecule has 2 aromatic heterocycles. The average molecular weight is 278 g/mol. The molecule has 0 radical (unpaired) electrons. The first-order valence-electron chi connectivity index (χ1n) is 6.24. The maximum atomic E-state index is 5.73. The molecule has 6 nitrogen and oxygen atoms in total. The van der Waals surface area contributed by atoms with Crippen LogP contribution < -0.4 is 16.0 Å². The van der Waals surface area contributed by atoms with Gasteiger partial charge in [-0.25, -0.2) is 0 Å². The molecule has 19 heavy (non-hydrogen) atoms. The van der Waals surface area contributed by atoms with Crippen LogP contribution in [0.1, 0.15) is 19.4 Å². The van der Waals surface area contributed by atoms with E-state index in [1.165, 1.54) is 5.56 Å². The molecule has 0 aliphatic heterocycles. The topological polar surface area (TPSA) is 80.0 Å². The van der Waals surface area contributed by atoms with Gasteiger partial charge >= 0.3 is 0 Å². The summed E-state index contributed by atoms with van der Waals surface area (Å²) in [6, 6.07) is 2.06. The lowest BCUT2D eigenvalue weighted by molar-refractivity contribution is 0.814. The number of anilines is 3. The van der Waals surface area contributed by atoms with Gasteiger partial charge in [0.15, 0.2) is 0 Å². The Hall–Kier alpha value is -1.89. The molecule has 0 saturated heterocycles. The number of thiophene rings is 1. The summed E-state index contributed by atoms with van der Waals surface area (Å²) in [7, 11) is 0. The molecule has 0 aliphatic rings. The van der Waals surface area contributed by atoms with Crippen LogP contribution in [0.5, 0.6) is 0 Å². The molecule has 0 aliphatic carbocycles. The Morgan fingerprint density at radius 2 is 2.05 bits per heavy atom. The van der Waals surface area contributed by atoms with E-state index in [0.29, 0.717) is 18.4 Å². The third kappa shape index (κ3) is 3.54. The molecule has 0 spiro atoms. The molecule has 0 fully saturated rings. The Kier molecular flexibility index (Phi) is 4.51. The van der Waals surface area contributed by atoms with E-state index in [1.807, 2.05) is 10.3 Å². The maximum absolute atomic E-state index is 5.73. The van der Waals surface area contributed by atoms with Crippen LogP contribution in [-0.2, 0) is 6.54 Å². The molecular weight excluding hydrogens is 260 g/mol. The standard InChI is InChI=1S/C12H18N6S/c1-3-18(4-2)12-16-10(13)15-11(17-12)14-7-9-5-6-19-8-9/h5-6,8H,3-4,7H2,1-2H3,(H3,13,14,15,16,17). The third-order valence-corrected chi connectivity index (χ3v) is 3.45. The molecule has 7 heteroatoms. The van der Waals surface area contributed by atoms with Crippen molar-refractivity contribution in [3.05, 3.63) is 22.4 Å². The van der Waals surface area contributed by atoms with E-state index in [2.05, 4.69) is 45.6 Å². The van der Waals surface area contributed by atoms with E-state index < -0.39 is 0 Å². The summed E-state index contributed by atoms with van der Waals surface area (Å²) in [5.41, 5.74) is 6.93. The van der Waals surface area contributed by atoms with Crippen LogP contribution in [0, 0.1) is 0 Å². The van der Waals surface area contributed by atoms with Crippen molar-refractivity contribution in [1.82, 2.24) is 15.0 Å². The molecular formula is C12H18N6S. The van der Waals surface area contributed by atoms with Gasteiger partial charge in [0, 0.05) is 19.6 Å². The molecule has 2 aromatic rings. The summed E-state index contributed by atoms with van der Waals surface area (Å²) in [5.74, 6) is 1.37. The number of nitrogens with one attached hydrogen (secondary N) is 1. The van der Waals surface area contributed by atoms with E-state index in [0.717, 1.165) is 13.1 Å². The molecule has 102 valence electrons. The fourth-order valence-corrected chi connectivity index (χ4v) is 2.35. The fourth-order valence-electron chi connectivity index (χ4n) is 1.68. The Morgan fingerprint density at radius 3 is 2.68 bits per heavy atom. The SMILES string of the molecule is CCN(CC)c1nc(N)nc(NCc2ccsc2)n1. The van der Waals surface area contributed by atoms with Gasteiger partial charge in [0.1, 0.15) is 0 Å². The number of hydrogen-bond donors (Lipinski definition) is 2. The smallest absolute Gasteiger partial charge is 0.231 e. The number of nitrogens with two attached hydrogens (primary N) is 1. The maximum Gasteiger partial charge on any atom is 0.231 e. The molecule has 0 atom stereocenters. The molecule has 0 unspecified atom stereocenters. The molecule has 0 aromatic carbocycles. The number of aromatic nitrogens is 3. The second kappa shape index (κ2) is 6.33. The highest BCUT2D eigenvalue weighted by Gasteiger charge is 2.09. The minimum absolute atomic E-state index is 0.240. The van der Waals surface area contributed by atoms with Crippen molar-refractivity contribution in [2.75, 3.05) is 29.0 Å². The largest absolute Gasteiger partial charge is 0.368 e. The van der Waals surface area contributed by atoms with Crippen molar-refractivity contribution in [1.29, 1.82) is 0 Å². The van der Waals surface area contributed by atoms with E-state index in [-0.39, 0.29) is 5.95 Å². The summed E-state index contributed by atoms with van der Waals surface area (Å²) in [5, 5.41) is 7.30. The predicted molar refractivity (Wildman–Crippen MR) is 79.4 cm³/mol. The lowest BCUT2D eigenvalue weighted by atomic mass is 10.3. The normalized spacial score (nSPS) is 10.4. The zero-order chi connectivity index (χ0) is 13.7. The van der Waals surface area contributed by atoms with E-state index in [4.69, 9.17) is 5.73 Å². The monoisotopic (exact) mass is 278 g/mol. The zero-order valence-corrected chi connectivity index (χ0v) is 11.9. The first kappa shape index (κ1) is 13.5. The van der Waals surface area contributed by atoms with Crippen molar-refractivity contribution in [2.45, 2.75) is 20.4 Å². The van der Waals surface area contributed by atoms with Crippen LogP contribution in [0.25, 0.3) is 0 Å². The van der Waals surface area contributed by atoms with E-state index in [1.54, 1.807) is 11.3 Å². The highest BCUT2D eigenvalue weighted by molar-refractivity contribution is 7.07. The van der Waals surface area contributed by atoms with Gasteiger partial charge in [-0.2, -0.15) is 26.3 Å². The van der Waals surface area contributed by atoms with Gasteiger partial charge in [-0.05, 0) is 36.2 Å². The van der Waals surface area contributed by atoms with E-state index >= 15 is 0 Å². The minimum Gasteiger partial charge on any atom is -0.368 e. The number of hydrogen-bond acceptors (Lipinski definition) is 7. The quantitative estimate of drug-likeness (QED) is 0.841. The van der Waals surface area contributed by atoms with Gasteiger partial charge in [-0.3, -0.25) is 0 Å². The highest BCUT2D eigenvalue weighted by atomic mass is 32.1. The fraction of sp³-hybridized carbons (Fsp3) is 0.417. The lowest BCUT2D eigenvalue weighted by Gasteiger charge is -2.18. The van der Waals surface area contributed by atoms with E-state index in [9.17, 15) is 0 Å². The first-order chi connectivity index (χ1) is 9.22. The Bertz CT molecular complexity index is 509. The van der Waals surface area contributed by atoms with Crippen LogP contribution in [0.4, 0.5) is 17.8 Å². The van der Waals surface area contributed by atoms with Crippen molar-refractivity contribution in [3.63, 3.8) is 0 Å². The van der Waals surface area contributed by atoms with Crippen molar-refractivity contribution in [3.8, 4) is 0 Å². The van der Waals surface area contributed by atoms with Gasteiger partial charge in [0.25, 0.3) is 0 Å². The molecule has 0 saturated carbocycles. The summed E-state index contributed by atoms with van der Waals surface area (Å²) in [6.07, 6.45) is 0. The molecule has 2 rings (SSSR count). The van der Waals surface area contributed by atoms with Crippen molar-refractivity contribution >= 4 is 29.2 Å². The summed E-state index contributed by atoms with van der Waals surface area (Å²) in [6.45, 7) is 6.47. The average Bonchev–Trinajstić information content (AvgIpc) is 2.90. The Labute approximate surface area is 116 Å². The predicted octanol–water partition coefficient (Wildman–Crippen LogP) is 1.97. The summed E-state index contributed by atoms with van der Waals surface area (Å²) in [4.78, 5) is 14.7. The zero-order valence-electron chi connectivity index (χ0n) is 11.1. The van der Waals surface area contributed by atoms with Gasteiger partial charge in [0.05, 0.1) is 0 Å². The van der Waals surface area contributed by atoms with Crippen LogP contribution in [0.3, 0.4) is 0 Å². The Morgan fingerprint density at radius 1 is 1.26 bits per heavy atom. The van der Waals surface area contributed by atoms with Crippen LogP contribution in [0.2, 0.25) is 0 Å². The second-order valence-electron chi connectivity index (χ2n) is 3.97. The molecule has 0 bridgehead atoms. The number of nitrogens with zero attached hydrogens (tertiary/aromatic N) is 4. The minimum atomic E-state index is 0.240. The first-order valence-corrected chi connectivity index (χ1v) is 7.18. The molecule has 0 amide bonds. The van der Waals surface area contributed by atoms with Crippen molar-refractivity contribution in [2.24, 2.45) is 0 Å². The Balaban J connectivity index is 2.12. The molecule has 3 N–H and O–H groups in total. The van der Waals surface area contributed by atoms with Gasteiger partial charge in [-0.15, -0.1) is 0 Å². The molecule has 2 heterocycles. The summed E-state index contributed by atoms with van der Waals surface area (Å²) >= 11 is 1.67.